The molecule has 0 atom stereocenters. The zero-order valence-electron chi connectivity index (χ0n) is 13.9. The predicted octanol–water partition coefficient (Wildman–Crippen LogP) is 5.03. The van der Waals surface area contributed by atoms with Crippen LogP contribution in [0.15, 0.2) is 78.9 Å². The van der Waals surface area contributed by atoms with Crippen LogP contribution in [-0.4, -0.2) is 11.1 Å². The van der Waals surface area contributed by atoms with Crippen LogP contribution < -0.4 is 4.74 Å². The van der Waals surface area contributed by atoms with Crippen molar-refractivity contribution in [2.75, 3.05) is 0 Å². The third-order valence-electron chi connectivity index (χ3n) is 3.80. The molecular weight excluding hydrogens is 331 g/mol. The average molecular weight is 348 g/mol. The summed E-state index contributed by atoms with van der Waals surface area (Å²) in [5.41, 5.74) is 2.42. The third kappa shape index (κ3) is 4.57. The lowest BCUT2D eigenvalue weighted by Crippen LogP contribution is -1.99. The lowest BCUT2D eigenvalue weighted by molar-refractivity contribution is -0.130. The molecule has 0 radical (unpaired) electrons. The number of carbonyl (C=O) groups is 1. The van der Waals surface area contributed by atoms with Crippen molar-refractivity contribution < 1.29 is 19.0 Å². The first kappa shape index (κ1) is 17.4. The number of rotatable bonds is 6. The Morgan fingerprint density at radius 3 is 2.38 bits per heavy atom. The SMILES string of the molecule is O=C(O)/C(=C\c1cccc(OCc2ccc(F)cc2)c1)c1ccccc1. The van der Waals surface area contributed by atoms with Crippen molar-refractivity contribution in [3.05, 3.63) is 101 Å². The quantitative estimate of drug-likeness (QED) is 0.502. The molecule has 3 aromatic rings. The third-order valence-corrected chi connectivity index (χ3v) is 3.80. The summed E-state index contributed by atoms with van der Waals surface area (Å²) < 4.78 is 18.7. The van der Waals surface area contributed by atoms with Gasteiger partial charge in [-0.15, -0.1) is 0 Å². The van der Waals surface area contributed by atoms with E-state index in [-0.39, 0.29) is 11.4 Å². The van der Waals surface area contributed by atoms with E-state index in [0.717, 1.165) is 11.1 Å². The first-order valence-electron chi connectivity index (χ1n) is 8.09. The number of carboxylic acid groups (broad SMARTS) is 1. The van der Waals surface area contributed by atoms with Gasteiger partial charge in [0.25, 0.3) is 0 Å². The minimum Gasteiger partial charge on any atom is -0.489 e. The average Bonchev–Trinajstić information content (AvgIpc) is 2.66. The summed E-state index contributed by atoms with van der Waals surface area (Å²) in [7, 11) is 0. The standard InChI is InChI=1S/C22H17FO3/c23-19-11-9-16(10-12-19)15-26-20-8-4-5-17(13-20)14-21(22(24)25)18-6-2-1-3-7-18/h1-14H,15H2,(H,24,25)/b21-14-. The first-order valence-corrected chi connectivity index (χ1v) is 8.09. The number of hydrogen-bond donors (Lipinski definition) is 1. The highest BCUT2D eigenvalue weighted by atomic mass is 19.1. The molecule has 0 fully saturated rings. The van der Waals surface area contributed by atoms with Gasteiger partial charge in [0.05, 0.1) is 5.57 Å². The monoisotopic (exact) mass is 348 g/mol. The van der Waals surface area contributed by atoms with E-state index in [1.807, 2.05) is 12.1 Å². The fourth-order valence-corrected chi connectivity index (χ4v) is 2.49. The lowest BCUT2D eigenvalue weighted by Gasteiger charge is -2.08. The molecule has 0 aliphatic heterocycles. The van der Waals surface area contributed by atoms with Gasteiger partial charge in [-0.1, -0.05) is 54.6 Å². The van der Waals surface area contributed by atoms with E-state index in [2.05, 4.69) is 0 Å². The van der Waals surface area contributed by atoms with Crippen LogP contribution in [0.5, 0.6) is 5.75 Å². The number of hydrogen-bond acceptors (Lipinski definition) is 2. The van der Waals surface area contributed by atoms with Crippen molar-refractivity contribution in [1.82, 2.24) is 0 Å². The Morgan fingerprint density at radius 1 is 0.962 bits per heavy atom. The van der Waals surface area contributed by atoms with Crippen LogP contribution in [0.4, 0.5) is 4.39 Å². The van der Waals surface area contributed by atoms with Gasteiger partial charge in [0, 0.05) is 0 Å². The molecule has 0 saturated carbocycles. The van der Waals surface area contributed by atoms with Crippen LogP contribution >= 0.6 is 0 Å². The zero-order chi connectivity index (χ0) is 18.4. The smallest absolute Gasteiger partial charge is 0.336 e. The van der Waals surface area contributed by atoms with Gasteiger partial charge in [0.2, 0.25) is 0 Å². The number of halogens is 1. The highest BCUT2D eigenvalue weighted by Gasteiger charge is 2.10. The molecule has 26 heavy (non-hydrogen) atoms. The predicted molar refractivity (Wildman–Crippen MR) is 99.1 cm³/mol. The molecule has 1 N–H and O–H groups in total. The Morgan fingerprint density at radius 2 is 1.69 bits per heavy atom. The van der Waals surface area contributed by atoms with Gasteiger partial charge in [-0.05, 0) is 47.0 Å². The Balaban J connectivity index is 1.79. The topological polar surface area (TPSA) is 46.5 Å². The maximum absolute atomic E-state index is 12.9. The summed E-state index contributed by atoms with van der Waals surface area (Å²) in [6.07, 6.45) is 1.61. The van der Waals surface area contributed by atoms with Crippen LogP contribution in [0.3, 0.4) is 0 Å². The molecule has 0 spiro atoms. The molecule has 0 aliphatic carbocycles. The molecular formula is C22H17FO3. The van der Waals surface area contributed by atoms with Gasteiger partial charge >= 0.3 is 5.97 Å². The Hall–Kier alpha value is -3.40. The van der Waals surface area contributed by atoms with E-state index >= 15 is 0 Å². The maximum Gasteiger partial charge on any atom is 0.336 e. The molecule has 0 bridgehead atoms. The molecule has 0 unspecified atom stereocenters. The zero-order valence-corrected chi connectivity index (χ0v) is 13.9. The van der Waals surface area contributed by atoms with Gasteiger partial charge in [0.15, 0.2) is 0 Å². The molecule has 3 nitrogen and oxygen atoms in total. The van der Waals surface area contributed by atoms with E-state index in [9.17, 15) is 14.3 Å². The minimum atomic E-state index is -0.992. The second-order valence-electron chi connectivity index (χ2n) is 5.72. The number of benzene rings is 3. The van der Waals surface area contributed by atoms with Crippen LogP contribution in [0.25, 0.3) is 11.6 Å². The van der Waals surface area contributed by atoms with E-state index < -0.39 is 5.97 Å². The first-order chi connectivity index (χ1) is 12.6. The van der Waals surface area contributed by atoms with Crippen molar-refractivity contribution in [2.24, 2.45) is 0 Å². The molecule has 0 amide bonds. The van der Waals surface area contributed by atoms with Crippen LogP contribution in [-0.2, 0) is 11.4 Å². The van der Waals surface area contributed by atoms with Crippen LogP contribution in [0, 0.1) is 5.82 Å². The molecule has 3 rings (SSSR count). The minimum absolute atomic E-state index is 0.210. The van der Waals surface area contributed by atoms with E-state index in [1.54, 1.807) is 60.7 Å². The summed E-state index contributed by atoms with van der Waals surface area (Å²) in [6.45, 7) is 0.303. The summed E-state index contributed by atoms with van der Waals surface area (Å²) >= 11 is 0. The van der Waals surface area contributed by atoms with Gasteiger partial charge in [-0.3, -0.25) is 0 Å². The summed E-state index contributed by atoms with van der Waals surface area (Å²) in [5.74, 6) is -0.669. The number of carboxylic acids is 1. The fraction of sp³-hybridized carbons (Fsp3) is 0.0455. The second-order valence-corrected chi connectivity index (χ2v) is 5.72. The summed E-state index contributed by atoms with van der Waals surface area (Å²) in [5, 5.41) is 9.50. The Kier molecular flexibility index (Phi) is 5.44. The van der Waals surface area contributed by atoms with Crippen LogP contribution in [0.1, 0.15) is 16.7 Å². The molecule has 4 heteroatoms. The summed E-state index contributed by atoms with van der Waals surface area (Å²) in [6, 6.07) is 22.2. The number of aliphatic carboxylic acids is 1. The Bertz CT molecular complexity index is 916. The van der Waals surface area contributed by atoms with Crippen molar-refractivity contribution in [2.45, 2.75) is 6.61 Å². The molecule has 130 valence electrons. The fourth-order valence-electron chi connectivity index (χ4n) is 2.49. The van der Waals surface area contributed by atoms with Crippen molar-refractivity contribution in [1.29, 1.82) is 0 Å². The van der Waals surface area contributed by atoms with Gasteiger partial charge < -0.3 is 9.84 Å². The van der Waals surface area contributed by atoms with E-state index in [4.69, 9.17) is 4.74 Å². The lowest BCUT2D eigenvalue weighted by atomic mass is 10.0. The summed E-state index contributed by atoms with van der Waals surface area (Å²) in [4.78, 5) is 11.6. The van der Waals surface area contributed by atoms with E-state index in [0.29, 0.717) is 17.9 Å². The maximum atomic E-state index is 12.9. The molecule has 0 heterocycles. The van der Waals surface area contributed by atoms with Gasteiger partial charge in [-0.25, -0.2) is 9.18 Å². The molecule has 0 aromatic heterocycles. The molecule has 0 aliphatic rings. The van der Waals surface area contributed by atoms with Crippen molar-refractivity contribution >= 4 is 17.6 Å². The van der Waals surface area contributed by atoms with Crippen molar-refractivity contribution in [3.63, 3.8) is 0 Å². The molecule has 0 saturated heterocycles. The van der Waals surface area contributed by atoms with E-state index in [1.165, 1.54) is 12.1 Å². The number of ether oxygens (including phenoxy) is 1. The van der Waals surface area contributed by atoms with Crippen molar-refractivity contribution in [3.8, 4) is 5.75 Å². The van der Waals surface area contributed by atoms with Gasteiger partial charge in [0.1, 0.15) is 18.2 Å². The second kappa shape index (κ2) is 8.12. The normalized spacial score (nSPS) is 11.2. The highest BCUT2D eigenvalue weighted by Crippen LogP contribution is 2.22. The Labute approximate surface area is 151 Å². The highest BCUT2D eigenvalue weighted by molar-refractivity contribution is 6.20. The van der Waals surface area contributed by atoms with Crippen LogP contribution in [0.2, 0.25) is 0 Å². The van der Waals surface area contributed by atoms with Gasteiger partial charge in [-0.2, -0.15) is 0 Å². The largest absolute Gasteiger partial charge is 0.489 e. The molecule has 3 aromatic carbocycles.